The molecule has 4 rings (SSSR count). The SMILES string of the molecule is CCCN(C(C)c1nc2ccccc2c(=O)n1-c1ccc(C)cc1)S(=O)(=O)c1ccc(C)cc1. The number of hydrogen-bond donors (Lipinski definition) is 0. The van der Waals surface area contributed by atoms with Gasteiger partial charge >= 0.3 is 0 Å². The summed E-state index contributed by atoms with van der Waals surface area (Å²) in [5.74, 6) is 0.386. The monoisotopic (exact) mass is 475 g/mol. The molecule has 34 heavy (non-hydrogen) atoms. The fourth-order valence-corrected chi connectivity index (χ4v) is 5.77. The Morgan fingerprint density at radius 3 is 2.12 bits per heavy atom. The van der Waals surface area contributed by atoms with Crippen molar-refractivity contribution < 1.29 is 8.42 Å². The van der Waals surface area contributed by atoms with Gasteiger partial charge in [-0.3, -0.25) is 9.36 Å². The number of hydrogen-bond acceptors (Lipinski definition) is 4. The topological polar surface area (TPSA) is 72.3 Å². The van der Waals surface area contributed by atoms with E-state index in [1.54, 1.807) is 54.0 Å². The third-order valence-corrected chi connectivity index (χ3v) is 7.96. The van der Waals surface area contributed by atoms with E-state index in [1.165, 1.54) is 4.31 Å². The van der Waals surface area contributed by atoms with Crippen molar-refractivity contribution in [3.8, 4) is 5.69 Å². The molecule has 0 aliphatic heterocycles. The van der Waals surface area contributed by atoms with Crippen LogP contribution >= 0.6 is 0 Å². The highest BCUT2D eigenvalue weighted by Crippen LogP contribution is 2.29. The standard InChI is InChI=1S/C27H29N3O3S/c1-5-18-29(34(32,33)23-16-12-20(3)13-17-23)21(4)26-28-25-9-7-6-8-24(25)27(31)30(26)22-14-10-19(2)11-15-22/h6-17,21H,5,18H2,1-4H3. The molecule has 0 amide bonds. The van der Waals surface area contributed by atoms with Crippen LogP contribution in [0.2, 0.25) is 0 Å². The highest BCUT2D eigenvalue weighted by molar-refractivity contribution is 7.89. The quantitative estimate of drug-likeness (QED) is 0.370. The molecule has 6 nitrogen and oxygen atoms in total. The van der Waals surface area contributed by atoms with E-state index in [9.17, 15) is 13.2 Å². The Bertz CT molecular complexity index is 1470. The highest BCUT2D eigenvalue weighted by atomic mass is 32.2. The van der Waals surface area contributed by atoms with Gasteiger partial charge < -0.3 is 0 Å². The number of sulfonamides is 1. The molecule has 0 N–H and O–H groups in total. The maximum atomic E-state index is 13.7. The molecule has 0 fully saturated rings. The molecular weight excluding hydrogens is 446 g/mol. The minimum absolute atomic E-state index is 0.222. The lowest BCUT2D eigenvalue weighted by molar-refractivity contribution is 0.327. The number of aryl methyl sites for hydroxylation is 2. The highest BCUT2D eigenvalue weighted by Gasteiger charge is 2.32. The van der Waals surface area contributed by atoms with E-state index in [4.69, 9.17) is 4.98 Å². The lowest BCUT2D eigenvalue weighted by atomic mass is 10.2. The largest absolute Gasteiger partial charge is 0.268 e. The van der Waals surface area contributed by atoms with E-state index in [-0.39, 0.29) is 10.5 Å². The van der Waals surface area contributed by atoms with E-state index in [0.29, 0.717) is 35.4 Å². The molecule has 1 aromatic heterocycles. The van der Waals surface area contributed by atoms with Crippen molar-refractivity contribution in [3.63, 3.8) is 0 Å². The summed E-state index contributed by atoms with van der Waals surface area (Å²) in [6, 6.07) is 20.9. The summed E-state index contributed by atoms with van der Waals surface area (Å²) in [7, 11) is -3.82. The van der Waals surface area contributed by atoms with Gasteiger partial charge in [-0.05, 0) is 63.6 Å². The summed E-state index contributed by atoms with van der Waals surface area (Å²) >= 11 is 0. The lowest BCUT2D eigenvalue weighted by Crippen LogP contribution is -2.38. The molecule has 1 atom stereocenters. The van der Waals surface area contributed by atoms with Crippen LogP contribution in [0, 0.1) is 13.8 Å². The number of para-hydroxylation sites is 1. The minimum atomic E-state index is -3.82. The maximum absolute atomic E-state index is 13.7. The molecule has 0 aliphatic rings. The van der Waals surface area contributed by atoms with Gasteiger partial charge in [0, 0.05) is 6.54 Å². The summed E-state index contributed by atoms with van der Waals surface area (Å²) in [5.41, 5.74) is 3.02. The summed E-state index contributed by atoms with van der Waals surface area (Å²) in [4.78, 5) is 18.7. The van der Waals surface area contributed by atoms with Crippen molar-refractivity contribution in [1.82, 2.24) is 13.9 Å². The Hall–Kier alpha value is -3.29. The van der Waals surface area contributed by atoms with Crippen LogP contribution in [0.15, 0.2) is 82.5 Å². The van der Waals surface area contributed by atoms with Gasteiger partial charge in [0.2, 0.25) is 10.0 Å². The van der Waals surface area contributed by atoms with Crippen molar-refractivity contribution in [2.45, 2.75) is 45.1 Å². The van der Waals surface area contributed by atoms with E-state index >= 15 is 0 Å². The molecule has 3 aromatic carbocycles. The molecule has 0 aliphatic carbocycles. The summed E-state index contributed by atoms with van der Waals surface area (Å²) < 4.78 is 30.4. The van der Waals surface area contributed by atoms with Gasteiger partial charge in [0.15, 0.2) is 0 Å². The first-order valence-corrected chi connectivity index (χ1v) is 12.8. The normalized spacial score (nSPS) is 12.9. The van der Waals surface area contributed by atoms with Gasteiger partial charge in [-0.1, -0.05) is 54.4 Å². The van der Waals surface area contributed by atoms with E-state index in [1.807, 2.05) is 51.1 Å². The molecular formula is C27H29N3O3S. The second kappa shape index (κ2) is 9.52. The Morgan fingerprint density at radius 1 is 0.912 bits per heavy atom. The second-order valence-electron chi connectivity index (χ2n) is 8.57. The Morgan fingerprint density at radius 2 is 1.50 bits per heavy atom. The maximum Gasteiger partial charge on any atom is 0.266 e. The first kappa shape index (κ1) is 23.9. The first-order valence-electron chi connectivity index (χ1n) is 11.4. The van der Waals surface area contributed by atoms with Gasteiger partial charge in [0.25, 0.3) is 5.56 Å². The van der Waals surface area contributed by atoms with Crippen LogP contribution < -0.4 is 5.56 Å². The number of benzene rings is 3. The summed E-state index contributed by atoms with van der Waals surface area (Å²) in [5, 5.41) is 0.488. The van der Waals surface area contributed by atoms with Gasteiger partial charge in [-0.15, -0.1) is 0 Å². The zero-order chi connectivity index (χ0) is 24.5. The zero-order valence-electron chi connectivity index (χ0n) is 19.9. The van der Waals surface area contributed by atoms with Gasteiger partial charge in [-0.25, -0.2) is 13.4 Å². The number of rotatable bonds is 7. The fourth-order valence-electron chi connectivity index (χ4n) is 4.09. The van der Waals surface area contributed by atoms with Gasteiger partial charge in [0.05, 0.1) is 27.5 Å². The van der Waals surface area contributed by atoms with E-state index in [2.05, 4.69) is 0 Å². The van der Waals surface area contributed by atoms with Crippen LogP contribution in [-0.2, 0) is 10.0 Å². The predicted molar refractivity (Wildman–Crippen MR) is 136 cm³/mol. The Kier molecular flexibility index (Phi) is 6.68. The van der Waals surface area contributed by atoms with Crippen molar-refractivity contribution in [3.05, 3.63) is 100 Å². The smallest absolute Gasteiger partial charge is 0.266 e. The molecule has 0 saturated heterocycles. The third kappa shape index (κ3) is 4.41. The van der Waals surface area contributed by atoms with Crippen LogP contribution in [0.4, 0.5) is 0 Å². The van der Waals surface area contributed by atoms with Crippen LogP contribution in [0.3, 0.4) is 0 Å². The fraction of sp³-hybridized carbons (Fsp3) is 0.259. The molecule has 0 bridgehead atoms. The third-order valence-electron chi connectivity index (χ3n) is 5.97. The number of aromatic nitrogens is 2. The molecule has 1 heterocycles. The van der Waals surface area contributed by atoms with Crippen LogP contribution in [0.5, 0.6) is 0 Å². The minimum Gasteiger partial charge on any atom is -0.268 e. The van der Waals surface area contributed by atoms with Crippen LogP contribution in [0.1, 0.15) is 43.3 Å². The molecule has 4 aromatic rings. The first-order chi connectivity index (χ1) is 16.2. The molecule has 0 spiro atoms. The Labute approximate surface area is 200 Å². The molecule has 176 valence electrons. The number of nitrogens with zero attached hydrogens (tertiary/aromatic N) is 3. The van der Waals surface area contributed by atoms with Gasteiger partial charge in [-0.2, -0.15) is 4.31 Å². The van der Waals surface area contributed by atoms with Crippen LogP contribution in [0.25, 0.3) is 16.6 Å². The second-order valence-corrected chi connectivity index (χ2v) is 10.5. The van der Waals surface area contributed by atoms with Crippen molar-refractivity contribution in [2.75, 3.05) is 6.54 Å². The predicted octanol–water partition coefficient (Wildman–Crippen LogP) is 5.16. The molecule has 7 heteroatoms. The van der Waals surface area contributed by atoms with E-state index in [0.717, 1.165) is 11.1 Å². The van der Waals surface area contributed by atoms with E-state index < -0.39 is 16.1 Å². The van der Waals surface area contributed by atoms with Crippen molar-refractivity contribution >= 4 is 20.9 Å². The summed E-state index contributed by atoms with van der Waals surface area (Å²) in [6.07, 6.45) is 0.623. The average molecular weight is 476 g/mol. The van der Waals surface area contributed by atoms with Crippen molar-refractivity contribution in [1.29, 1.82) is 0 Å². The summed E-state index contributed by atoms with van der Waals surface area (Å²) in [6.45, 7) is 7.93. The molecule has 1 unspecified atom stereocenters. The number of fused-ring (bicyclic) bond motifs is 1. The molecule has 0 radical (unpaired) electrons. The van der Waals surface area contributed by atoms with Gasteiger partial charge in [0.1, 0.15) is 5.82 Å². The zero-order valence-corrected chi connectivity index (χ0v) is 20.7. The molecule has 0 saturated carbocycles. The Balaban J connectivity index is 1.94. The van der Waals surface area contributed by atoms with Crippen LogP contribution in [-0.4, -0.2) is 28.8 Å². The van der Waals surface area contributed by atoms with Crippen molar-refractivity contribution in [2.24, 2.45) is 0 Å². The lowest BCUT2D eigenvalue weighted by Gasteiger charge is -2.29. The average Bonchev–Trinajstić information content (AvgIpc) is 2.83.